The van der Waals surface area contributed by atoms with Crippen LogP contribution in [-0.2, 0) is 11.2 Å². The average Bonchev–Trinajstić information content (AvgIpc) is 2.98. The van der Waals surface area contributed by atoms with Gasteiger partial charge in [-0.1, -0.05) is 6.58 Å². The van der Waals surface area contributed by atoms with Gasteiger partial charge in [-0.25, -0.2) is 4.98 Å². The molecule has 1 aliphatic rings. The van der Waals surface area contributed by atoms with E-state index in [0.717, 1.165) is 30.3 Å². The summed E-state index contributed by atoms with van der Waals surface area (Å²) in [7, 11) is 0. The van der Waals surface area contributed by atoms with Crippen molar-refractivity contribution in [1.82, 2.24) is 10.3 Å². The highest BCUT2D eigenvalue weighted by molar-refractivity contribution is 7.13. The van der Waals surface area contributed by atoms with Gasteiger partial charge < -0.3 is 10.2 Å². The van der Waals surface area contributed by atoms with Crippen LogP contribution in [0, 0.1) is 0 Å². The summed E-state index contributed by atoms with van der Waals surface area (Å²) in [6.07, 6.45) is 4.61. The molecule has 1 fully saturated rings. The predicted octanol–water partition coefficient (Wildman–Crippen LogP) is 1.59. The second kappa shape index (κ2) is 5.82. The number of carbonyl (C=O) groups excluding carboxylic acids is 1. The van der Waals surface area contributed by atoms with Gasteiger partial charge in [0, 0.05) is 31.4 Å². The van der Waals surface area contributed by atoms with E-state index in [0.29, 0.717) is 6.54 Å². The van der Waals surface area contributed by atoms with E-state index < -0.39 is 0 Å². The Morgan fingerprint density at radius 2 is 2.35 bits per heavy atom. The van der Waals surface area contributed by atoms with Crippen molar-refractivity contribution in [2.75, 3.05) is 24.5 Å². The molecule has 0 atom stereocenters. The highest BCUT2D eigenvalue weighted by Gasteiger charge is 2.15. The smallest absolute Gasteiger partial charge is 0.243 e. The van der Waals surface area contributed by atoms with E-state index in [1.807, 2.05) is 0 Å². The van der Waals surface area contributed by atoms with Gasteiger partial charge in [-0.2, -0.15) is 0 Å². The summed E-state index contributed by atoms with van der Waals surface area (Å²) in [5.41, 5.74) is 1.06. The number of nitrogens with zero attached hydrogens (tertiary/aromatic N) is 2. The average molecular weight is 251 g/mol. The first kappa shape index (κ1) is 12.1. The van der Waals surface area contributed by atoms with Crippen molar-refractivity contribution in [1.29, 1.82) is 0 Å². The SMILES string of the molecule is C=CC(=O)NCCc1csc(N2CCCC2)n1. The number of nitrogens with one attached hydrogen (secondary N) is 1. The van der Waals surface area contributed by atoms with Crippen molar-refractivity contribution < 1.29 is 4.79 Å². The Kier molecular flexibility index (Phi) is 4.14. The number of hydrogen-bond acceptors (Lipinski definition) is 4. The van der Waals surface area contributed by atoms with Crippen LogP contribution in [0.5, 0.6) is 0 Å². The number of hydrogen-bond donors (Lipinski definition) is 1. The maximum atomic E-state index is 11.0. The van der Waals surface area contributed by atoms with Gasteiger partial charge in [0.25, 0.3) is 0 Å². The molecule has 1 aromatic heterocycles. The molecule has 0 unspecified atom stereocenters. The minimum Gasteiger partial charge on any atom is -0.352 e. The fraction of sp³-hybridized carbons (Fsp3) is 0.500. The third-order valence-electron chi connectivity index (χ3n) is 2.78. The Labute approximate surface area is 105 Å². The second-order valence-corrected chi connectivity index (χ2v) is 4.90. The largest absolute Gasteiger partial charge is 0.352 e. The van der Waals surface area contributed by atoms with Crippen LogP contribution in [0.15, 0.2) is 18.0 Å². The Bertz CT molecular complexity index is 396. The van der Waals surface area contributed by atoms with Crippen molar-refractivity contribution >= 4 is 22.4 Å². The van der Waals surface area contributed by atoms with Gasteiger partial charge in [-0.15, -0.1) is 11.3 Å². The van der Waals surface area contributed by atoms with Crippen LogP contribution >= 0.6 is 11.3 Å². The molecular formula is C12H17N3OS. The van der Waals surface area contributed by atoms with E-state index >= 15 is 0 Å². The highest BCUT2D eigenvalue weighted by atomic mass is 32.1. The van der Waals surface area contributed by atoms with Crippen LogP contribution in [-0.4, -0.2) is 30.5 Å². The number of aromatic nitrogens is 1. The molecule has 1 aliphatic heterocycles. The number of rotatable bonds is 5. The lowest BCUT2D eigenvalue weighted by molar-refractivity contribution is -0.116. The number of anilines is 1. The molecule has 2 rings (SSSR count). The zero-order valence-electron chi connectivity index (χ0n) is 9.82. The first-order valence-corrected chi connectivity index (χ1v) is 6.77. The molecule has 2 heterocycles. The van der Waals surface area contributed by atoms with Crippen LogP contribution < -0.4 is 10.2 Å². The Morgan fingerprint density at radius 3 is 3.06 bits per heavy atom. The summed E-state index contributed by atoms with van der Waals surface area (Å²) in [6.45, 7) is 6.28. The third kappa shape index (κ3) is 3.30. The van der Waals surface area contributed by atoms with Crippen molar-refractivity contribution in [3.8, 4) is 0 Å². The zero-order valence-corrected chi connectivity index (χ0v) is 10.6. The normalized spacial score (nSPS) is 14.9. The van der Waals surface area contributed by atoms with Crippen molar-refractivity contribution in [2.24, 2.45) is 0 Å². The van der Waals surface area contributed by atoms with Gasteiger partial charge >= 0.3 is 0 Å². The number of amides is 1. The van der Waals surface area contributed by atoms with Gasteiger partial charge in [0.1, 0.15) is 0 Å². The number of thiazole rings is 1. The topological polar surface area (TPSA) is 45.2 Å². The van der Waals surface area contributed by atoms with Crippen LogP contribution in [0.2, 0.25) is 0 Å². The maximum Gasteiger partial charge on any atom is 0.243 e. The van der Waals surface area contributed by atoms with Crippen molar-refractivity contribution in [2.45, 2.75) is 19.3 Å². The van der Waals surface area contributed by atoms with Gasteiger partial charge in [0.05, 0.1) is 5.69 Å². The molecule has 0 aromatic carbocycles. The Hall–Kier alpha value is -1.36. The first-order chi connectivity index (χ1) is 8.29. The molecule has 0 bridgehead atoms. The molecule has 1 amide bonds. The highest BCUT2D eigenvalue weighted by Crippen LogP contribution is 2.24. The second-order valence-electron chi connectivity index (χ2n) is 4.06. The van der Waals surface area contributed by atoms with Crippen molar-refractivity contribution in [3.05, 3.63) is 23.7 Å². The maximum absolute atomic E-state index is 11.0. The van der Waals surface area contributed by atoms with Crippen LogP contribution in [0.4, 0.5) is 5.13 Å². The van der Waals surface area contributed by atoms with Crippen molar-refractivity contribution in [3.63, 3.8) is 0 Å². The molecule has 0 aliphatic carbocycles. The lowest BCUT2D eigenvalue weighted by atomic mass is 10.3. The molecule has 1 N–H and O–H groups in total. The predicted molar refractivity (Wildman–Crippen MR) is 70.5 cm³/mol. The van der Waals surface area contributed by atoms with Gasteiger partial charge in [0.15, 0.2) is 5.13 Å². The summed E-state index contributed by atoms with van der Waals surface area (Å²) in [4.78, 5) is 17.9. The van der Waals surface area contributed by atoms with E-state index in [-0.39, 0.29) is 5.91 Å². The molecule has 17 heavy (non-hydrogen) atoms. The molecule has 92 valence electrons. The van der Waals surface area contributed by atoms with Gasteiger partial charge in [0.2, 0.25) is 5.91 Å². The minimum atomic E-state index is -0.125. The lowest BCUT2D eigenvalue weighted by Gasteiger charge is -2.12. The molecule has 4 nitrogen and oxygen atoms in total. The molecule has 0 radical (unpaired) electrons. The van der Waals surface area contributed by atoms with E-state index in [1.165, 1.54) is 18.9 Å². The lowest BCUT2D eigenvalue weighted by Crippen LogP contribution is -2.23. The van der Waals surface area contributed by atoms with Gasteiger partial charge in [-0.05, 0) is 18.9 Å². The summed E-state index contributed by atoms with van der Waals surface area (Å²) in [5, 5.41) is 5.95. The minimum absolute atomic E-state index is 0.125. The van der Waals surface area contributed by atoms with E-state index in [2.05, 4.69) is 27.2 Å². The van der Waals surface area contributed by atoms with E-state index in [1.54, 1.807) is 11.3 Å². The molecular weight excluding hydrogens is 234 g/mol. The van der Waals surface area contributed by atoms with Crippen LogP contribution in [0.1, 0.15) is 18.5 Å². The molecule has 5 heteroatoms. The zero-order chi connectivity index (χ0) is 12.1. The van der Waals surface area contributed by atoms with Crippen LogP contribution in [0.3, 0.4) is 0 Å². The van der Waals surface area contributed by atoms with Gasteiger partial charge in [-0.3, -0.25) is 4.79 Å². The molecule has 1 saturated heterocycles. The van der Waals surface area contributed by atoms with E-state index in [9.17, 15) is 4.79 Å². The fourth-order valence-corrected chi connectivity index (χ4v) is 2.76. The third-order valence-corrected chi connectivity index (χ3v) is 3.73. The summed E-state index contributed by atoms with van der Waals surface area (Å²) < 4.78 is 0. The monoisotopic (exact) mass is 251 g/mol. The fourth-order valence-electron chi connectivity index (χ4n) is 1.85. The molecule has 0 spiro atoms. The standard InChI is InChI=1S/C12H17N3OS/c1-2-11(16)13-6-5-10-9-17-12(14-10)15-7-3-4-8-15/h2,9H,1,3-8H2,(H,13,16). The Morgan fingerprint density at radius 1 is 1.59 bits per heavy atom. The molecule has 1 aromatic rings. The number of carbonyl (C=O) groups is 1. The summed E-state index contributed by atoms with van der Waals surface area (Å²) >= 11 is 1.69. The Balaban J connectivity index is 1.81. The molecule has 0 saturated carbocycles. The first-order valence-electron chi connectivity index (χ1n) is 5.89. The summed E-state index contributed by atoms with van der Waals surface area (Å²) in [6, 6.07) is 0. The summed E-state index contributed by atoms with van der Waals surface area (Å²) in [5.74, 6) is -0.125. The van der Waals surface area contributed by atoms with E-state index in [4.69, 9.17) is 0 Å². The quantitative estimate of drug-likeness (QED) is 0.808. The van der Waals surface area contributed by atoms with Crippen LogP contribution in [0.25, 0.3) is 0 Å².